The standard InChI is InChI=1S/C16H13BrN4O/c1-11-15(3-2-8-18-11)20-16(22)12-4-6-14(7-5-12)21-10-13(17)9-19-21/h2-10H,1H3,(H,20,22). The van der Waals surface area contributed by atoms with Crippen molar-refractivity contribution in [2.75, 3.05) is 5.32 Å². The predicted octanol–water partition coefficient (Wildman–Crippen LogP) is 3.59. The molecule has 110 valence electrons. The van der Waals surface area contributed by atoms with Gasteiger partial charge in [-0.2, -0.15) is 5.10 Å². The average Bonchev–Trinajstić information content (AvgIpc) is 2.96. The maximum Gasteiger partial charge on any atom is 0.255 e. The van der Waals surface area contributed by atoms with E-state index in [1.54, 1.807) is 35.3 Å². The molecule has 0 aliphatic carbocycles. The zero-order chi connectivity index (χ0) is 15.5. The van der Waals surface area contributed by atoms with Gasteiger partial charge in [0.15, 0.2) is 0 Å². The van der Waals surface area contributed by atoms with E-state index in [2.05, 4.69) is 31.3 Å². The van der Waals surface area contributed by atoms with Crippen molar-refractivity contribution in [3.8, 4) is 5.69 Å². The molecule has 3 aromatic rings. The first kappa shape index (κ1) is 14.5. The van der Waals surface area contributed by atoms with E-state index >= 15 is 0 Å². The van der Waals surface area contributed by atoms with Crippen molar-refractivity contribution in [2.45, 2.75) is 6.92 Å². The Bertz CT molecular complexity index is 811. The summed E-state index contributed by atoms with van der Waals surface area (Å²) >= 11 is 3.36. The normalized spacial score (nSPS) is 10.5. The summed E-state index contributed by atoms with van der Waals surface area (Å²) < 4.78 is 2.64. The van der Waals surface area contributed by atoms with E-state index < -0.39 is 0 Å². The second kappa shape index (κ2) is 6.11. The van der Waals surface area contributed by atoms with E-state index in [1.165, 1.54) is 0 Å². The number of anilines is 1. The number of hydrogen-bond donors (Lipinski definition) is 1. The van der Waals surface area contributed by atoms with E-state index in [4.69, 9.17) is 0 Å². The van der Waals surface area contributed by atoms with Crippen molar-refractivity contribution < 1.29 is 4.79 Å². The minimum Gasteiger partial charge on any atom is -0.320 e. The van der Waals surface area contributed by atoms with Gasteiger partial charge in [0.05, 0.1) is 27.7 Å². The SMILES string of the molecule is Cc1ncccc1NC(=O)c1ccc(-n2cc(Br)cn2)cc1. The van der Waals surface area contributed by atoms with E-state index in [-0.39, 0.29) is 5.91 Å². The second-order valence-corrected chi connectivity index (χ2v) is 5.66. The summed E-state index contributed by atoms with van der Waals surface area (Å²) in [5.74, 6) is -0.163. The molecule has 2 heterocycles. The van der Waals surface area contributed by atoms with Crippen LogP contribution < -0.4 is 5.32 Å². The number of hydrogen-bond acceptors (Lipinski definition) is 3. The van der Waals surface area contributed by atoms with Crippen molar-refractivity contribution in [3.63, 3.8) is 0 Å². The van der Waals surface area contributed by atoms with Gasteiger partial charge in [0, 0.05) is 18.0 Å². The number of nitrogens with zero attached hydrogens (tertiary/aromatic N) is 3. The molecule has 0 aliphatic rings. The van der Waals surface area contributed by atoms with Crippen molar-refractivity contribution in [1.82, 2.24) is 14.8 Å². The molecule has 0 atom stereocenters. The fourth-order valence-corrected chi connectivity index (χ4v) is 2.30. The number of amides is 1. The molecule has 3 rings (SSSR count). The van der Waals surface area contributed by atoms with Crippen LogP contribution in [-0.2, 0) is 0 Å². The van der Waals surface area contributed by atoms with Gasteiger partial charge in [0.25, 0.3) is 5.91 Å². The number of pyridine rings is 1. The maximum atomic E-state index is 12.2. The van der Waals surface area contributed by atoms with Gasteiger partial charge in [-0.1, -0.05) is 0 Å². The number of nitrogens with one attached hydrogen (secondary N) is 1. The van der Waals surface area contributed by atoms with Crippen LogP contribution in [0.1, 0.15) is 16.1 Å². The lowest BCUT2D eigenvalue weighted by Gasteiger charge is -2.08. The van der Waals surface area contributed by atoms with Crippen molar-refractivity contribution in [3.05, 3.63) is 70.7 Å². The summed E-state index contributed by atoms with van der Waals surface area (Å²) in [5.41, 5.74) is 2.97. The highest BCUT2D eigenvalue weighted by Crippen LogP contribution is 2.15. The Kier molecular flexibility index (Phi) is 4.02. The Hall–Kier alpha value is -2.47. The van der Waals surface area contributed by atoms with Crippen LogP contribution in [0, 0.1) is 6.92 Å². The summed E-state index contributed by atoms with van der Waals surface area (Å²) in [4.78, 5) is 16.4. The summed E-state index contributed by atoms with van der Waals surface area (Å²) in [6.07, 6.45) is 5.27. The van der Waals surface area contributed by atoms with Gasteiger partial charge >= 0.3 is 0 Å². The second-order valence-electron chi connectivity index (χ2n) is 4.74. The van der Waals surface area contributed by atoms with Crippen LogP contribution in [0.5, 0.6) is 0 Å². The maximum absolute atomic E-state index is 12.2. The average molecular weight is 357 g/mol. The third-order valence-corrected chi connectivity index (χ3v) is 3.61. The first-order valence-electron chi connectivity index (χ1n) is 6.67. The molecule has 0 fully saturated rings. The van der Waals surface area contributed by atoms with Gasteiger partial charge in [-0.05, 0) is 59.3 Å². The molecule has 0 unspecified atom stereocenters. The summed E-state index contributed by atoms with van der Waals surface area (Å²) in [7, 11) is 0. The first-order valence-corrected chi connectivity index (χ1v) is 7.46. The van der Waals surface area contributed by atoms with Crippen molar-refractivity contribution >= 4 is 27.5 Å². The lowest BCUT2D eigenvalue weighted by Crippen LogP contribution is -2.13. The zero-order valence-corrected chi connectivity index (χ0v) is 13.4. The monoisotopic (exact) mass is 356 g/mol. The van der Waals surface area contributed by atoms with Gasteiger partial charge in [-0.15, -0.1) is 0 Å². The molecule has 1 aromatic carbocycles. The molecule has 0 bridgehead atoms. The topological polar surface area (TPSA) is 59.8 Å². The molecule has 1 amide bonds. The number of carbonyl (C=O) groups is 1. The Balaban J connectivity index is 1.78. The molecule has 22 heavy (non-hydrogen) atoms. The highest BCUT2D eigenvalue weighted by molar-refractivity contribution is 9.10. The Morgan fingerprint density at radius 3 is 2.64 bits per heavy atom. The van der Waals surface area contributed by atoms with E-state index in [0.29, 0.717) is 11.3 Å². The molecule has 0 spiro atoms. The van der Waals surface area contributed by atoms with Gasteiger partial charge in [0.1, 0.15) is 0 Å². The Morgan fingerprint density at radius 1 is 1.23 bits per heavy atom. The Labute approximate surface area is 136 Å². The largest absolute Gasteiger partial charge is 0.320 e. The minimum atomic E-state index is -0.163. The summed E-state index contributed by atoms with van der Waals surface area (Å²) in [6, 6.07) is 10.9. The molecule has 0 saturated heterocycles. The van der Waals surface area contributed by atoms with Crippen LogP contribution in [0.25, 0.3) is 5.69 Å². The van der Waals surface area contributed by atoms with Crippen LogP contribution >= 0.6 is 15.9 Å². The molecule has 1 N–H and O–H groups in total. The van der Waals surface area contributed by atoms with Gasteiger partial charge in [-0.25, -0.2) is 4.68 Å². The third kappa shape index (κ3) is 3.07. The molecule has 5 nitrogen and oxygen atoms in total. The van der Waals surface area contributed by atoms with Crippen LogP contribution in [0.15, 0.2) is 59.5 Å². The molecular weight excluding hydrogens is 344 g/mol. The van der Waals surface area contributed by atoms with Crippen molar-refractivity contribution in [2.24, 2.45) is 0 Å². The summed E-state index contributed by atoms with van der Waals surface area (Å²) in [6.45, 7) is 1.86. The van der Waals surface area contributed by atoms with Gasteiger partial charge in [-0.3, -0.25) is 9.78 Å². The van der Waals surface area contributed by atoms with Crippen LogP contribution in [-0.4, -0.2) is 20.7 Å². The quantitative estimate of drug-likeness (QED) is 0.779. The fraction of sp³-hybridized carbons (Fsp3) is 0.0625. The molecule has 0 aliphatic heterocycles. The predicted molar refractivity (Wildman–Crippen MR) is 88.2 cm³/mol. The molecule has 6 heteroatoms. The number of aromatic nitrogens is 3. The lowest BCUT2D eigenvalue weighted by molar-refractivity contribution is 0.102. The third-order valence-electron chi connectivity index (χ3n) is 3.20. The smallest absolute Gasteiger partial charge is 0.255 e. The number of halogens is 1. The molecule has 2 aromatic heterocycles. The van der Waals surface area contributed by atoms with Crippen LogP contribution in [0.2, 0.25) is 0 Å². The highest BCUT2D eigenvalue weighted by Gasteiger charge is 2.08. The molecular formula is C16H13BrN4O. The Morgan fingerprint density at radius 2 is 2.00 bits per heavy atom. The van der Waals surface area contributed by atoms with E-state index in [1.807, 2.05) is 31.3 Å². The number of carbonyl (C=O) groups excluding carboxylic acids is 1. The van der Waals surface area contributed by atoms with Gasteiger partial charge in [0.2, 0.25) is 0 Å². The minimum absolute atomic E-state index is 0.163. The zero-order valence-electron chi connectivity index (χ0n) is 11.8. The fourth-order valence-electron chi connectivity index (χ4n) is 2.02. The number of benzene rings is 1. The van der Waals surface area contributed by atoms with E-state index in [9.17, 15) is 4.79 Å². The lowest BCUT2D eigenvalue weighted by atomic mass is 10.2. The first-order chi connectivity index (χ1) is 10.6. The number of aryl methyl sites for hydroxylation is 1. The summed E-state index contributed by atoms with van der Waals surface area (Å²) in [5, 5.41) is 7.06. The molecule has 0 saturated carbocycles. The van der Waals surface area contributed by atoms with E-state index in [0.717, 1.165) is 15.9 Å². The van der Waals surface area contributed by atoms with Crippen LogP contribution in [0.3, 0.4) is 0 Å². The van der Waals surface area contributed by atoms with Crippen molar-refractivity contribution in [1.29, 1.82) is 0 Å². The number of rotatable bonds is 3. The van der Waals surface area contributed by atoms with Gasteiger partial charge < -0.3 is 5.32 Å². The highest BCUT2D eigenvalue weighted by atomic mass is 79.9. The molecule has 0 radical (unpaired) electrons. The van der Waals surface area contributed by atoms with Crippen LogP contribution in [0.4, 0.5) is 5.69 Å².